The molecule has 0 radical (unpaired) electrons. The van der Waals surface area contributed by atoms with Gasteiger partial charge in [0.05, 0.1) is 0 Å². The Balaban J connectivity index is 0.00000264. The van der Waals surface area contributed by atoms with Crippen molar-refractivity contribution in [2.75, 3.05) is 13.1 Å². The Hall–Kier alpha value is -1.30. The van der Waals surface area contributed by atoms with Gasteiger partial charge in [-0.15, -0.1) is 12.4 Å². The second-order valence-corrected chi connectivity index (χ2v) is 6.15. The van der Waals surface area contributed by atoms with E-state index in [1.165, 1.54) is 0 Å². The van der Waals surface area contributed by atoms with Crippen LogP contribution in [0.5, 0.6) is 0 Å². The van der Waals surface area contributed by atoms with Crippen molar-refractivity contribution >= 4 is 35.8 Å². The largest absolute Gasteiger partial charge is 0.341 e. The first-order valence-corrected chi connectivity index (χ1v) is 7.88. The summed E-state index contributed by atoms with van der Waals surface area (Å²) < 4.78 is 0. The number of nitrogens with one attached hydrogen (secondary N) is 2. The molecule has 1 aromatic rings. The molecule has 1 aromatic carbocycles. The Bertz CT molecular complexity index is 551. The Labute approximate surface area is 148 Å². The number of hydrogen-bond acceptors (Lipinski definition) is 3. The molecule has 2 rings (SSSR count). The molecule has 1 saturated heterocycles. The summed E-state index contributed by atoms with van der Waals surface area (Å²) in [5.41, 5.74) is 0.491. The highest BCUT2D eigenvalue weighted by Gasteiger charge is 2.31. The standard InChI is InChI=1S/C16H22ClN3O2.ClH/c1-10-12(3)20(9-8-18-10)16(22)11(2)19-15(21)13-4-6-14(17)7-5-13;/h4-7,10-12,18H,8-9H2,1-3H3,(H,19,21);1H. The first-order valence-electron chi connectivity index (χ1n) is 7.50. The molecule has 1 aliphatic heterocycles. The maximum atomic E-state index is 12.5. The number of rotatable bonds is 3. The van der Waals surface area contributed by atoms with Gasteiger partial charge >= 0.3 is 0 Å². The molecule has 5 nitrogen and oxygen atoms in total. The quantitative estimate of drug-likeness (QED) is 0.868. The van der Waals surface area contributed by atoms with Gasteiger partial charge in [-0.05, 0) is 45.0 Å². The Kier molecular flexibility index (Phi) is 7.32. The lowest BCUT2D eigenvalue weighted by Gasteiger charge is -2.39. The van der Waals surface area contributed by atoms with E-state index in [4.69, 9.17) is 11.6 Å². The predicted molar refractivity (Wildman–Crippen MR) is 94.3 cm³/mol. The monoisotopic (exact) mass is 359 g/mol. The van der Waals surface area contributed by atoms with Crippen LogP contribution in [0.15, 0.2) is 24.3 Å². The fraction of sp³-hybridized carbons (Fsp3) is 0.500. The summed E-state index contributed by atoms with van der Waals surface area (Å²) in [7, 11) is 0. The number of hydrogen-bond donors (Lipinski definition) is 2. The maximum absolute atomic E-state index is 12.5. The molecule has 0 aliphatic carbocycles. The van der Waals surface area contributed by atoms with Crippen molar-refractivity contribution < 1.29 is 9.59 Å². The van der Waals surface area contributed by atoms with E-state index in [9.17, 15) is 9.59 Å². The fourth-order valence-electron chi connectivity index (χ4n) is 2.56. The van der Waals surface area contributed by atoms with E-state index in [2.05, 4.69) is 17.6 Å². The van der Waals surface area contributed by atoms with Crippen molar-refractivity contribution in [2.45, 2.75) is 38.9 Å². The second-order valence-electron chi connectivity index (χ2n) is 5.72. The van der Waals surface area contributed by atoms with Gasteiger partial charge in [0, 0.05) is 35.8 Å². The fourth-order valence-corrected chi connectivity index (χ4v) is 2.69. The highest BCUT2D eigenvalue weighted by Crippen LogP contribution is 2.12. The maximum Gasteiger partial charge on any atom is 0.251 e. The van der Waals surface area contributed by atoms with Crippen LogP contribution in [0.25, 0.3) is 0 Å². The molecule has 7 heteroatoms. The number of carbonyl (C=O) groups is 2. The number of amides is 2. The third-order valence-corrected chi connectivity index (χ3v) is 4.39. The van der Waals surface area contributed by atoms with E-state index in [1.54, 1.807) is 31.2 Å². The zero-order chi connectivity index (χ0) is 16.3. The van der Waals surface area contributed by atoms with E-state index < -0.39 is 6.04 Å². The summed E-state index contributed by atoms with van der Waals surface area (Å²) in [6, 6.07) is 6.39. The zero-order valence-corrected chi connectivity index (χ0v) is 15.1. The highest BCUT2D eigenvalue weighted by molar-refractivity contribution is 6.30. The van der Waals surface area contributed by atoms with Gasteiger partial charge in [0.1, 0.15) is 6.04 Å². The molecule has 2 amide bonds. The van der Waals surface area contributed by atoms with Crippen LogP contribution in [0.2, 0.25) is 5.02 Å². The summed E-state index contributed by atoms with van der Waals surface area (Å²) >= 11 is 5.81. The van der Waals surface area contributed by atoms with Crippen LogP contribution >= 0.6 is 24.0 Å². The highest BCUT2D eigenvalue weighted by atomic mass is 35.5. The van der Waals surface area contributed by atoms with Crippen molar-refractivity contribution in [1.82, 2.24) is 15.5 Å². The van der Waals surface area contributed by atoms with Crippen LogP contribution in [-0.4, -0.2) is 47.9 Å². The molecule has 1 heterocycles. The van der Waals surface area contributed by atoms with E-state index in [0.29, 0.717) is 17.1 Å². The van der Waals surface area contributed by atoms with Gasteiger partial charge in [-0.2, -0.15) is 0 Å². The average molecular weight is 360 g/mol. The van der Waals surface area contributed by atoms with Gasteiger partial charge in [0.15, 0.2) is 0 Å². The third kappa shape index (κ3) is 4.83. The number of piperazine rings is 1. The van der Waals surface area contributed by atoms with Gasteiger partial charge in [-0.25, -0.2) is 0 Å². The lowest BCUT2D eigenvalue weighted by molar-refractivity contribution is -0.136. The lowest BCUT2D eigenvalue weighted by Crippen LogP contribution is -2.60. The summed E-state index contributed by atoms with van der Waals surface area (Å²) in [5.74, 6) is -0.323. The molecular weight excluding hydrogens is 337 g/mol. The molecule has 128 valence electrons. The average Bonchev–Trinajstić information content (AvgIpc) is 2.50. The van der Waals surface area contributed by atoms with Crippen LogP contribution < -0.4 is 10.6 Å². The van der Waals surface area contributed by atoms with Crippen LogP contribution in [0, 0.1) is 0 Å². The number of carbonyl (C=O) groups excluding carboxylic acids is 2. The Morgan fingerprint density at radius 2 is 1.91 bits per heavy atom. The number of benzene rings is 1. The molecule has 0 aromatic heterocycles. The molecule has 3 atom stereocenters. The van der Waals surface area contributed by atoms with Crippen molar-refractivity contribution in [3.63, 3.8) is 0 Å². The molecule has 1 aliphatic rings. The molecule has 2 N–H and O–H groups in total. The molecule has 3 unspecified atom stereocenters. The summed E-state index contributed by atoms with van der Waals surface area (Å²) in [6.45, 7) is 7.22. The van der Waals surface area contributed by atoms with E-state index in [-0.39, 0.29) is 36.3 Å². The van der Waals surface area contributed by atoms with Crippen molar-refractivity contribution in [1.29, 1.82) is 0 Å². The zero-order valence-electron chi connectivity index (χ0n) is 13.5. The molecule has 0 saturated carbocycles. The molecular formula is C16H23Cl2N3O2. The minimum Gasteiger partial charge on any atom is -0.341 e. The van der Waals surface area contributed by atoms with Crippen molar-refractivity contribution in [3.8, 4) is 0 Å². The third-order valence-electron chi connectivity index (χ3n) is 4.14. The van der Waals surface area contributed by atoms with E-state index in [1.807, 2.05) is 11.8 Å². The molecule has 0 bridgehead atoms. The first-order chi connectivity index (χ1) is 10.4. The topological polar surface area (TPSA) is 61.4 Å². The van der Waals surface area contributed by atoms with Crippen LogP contribution in [0.1, 0.15) is 31.1 Å². The van der Waals surface area contributed by atoms with Gasteiger partial charge in [-0.1, -0.05) is 11.6 Å². The number of nitrogens with zero attached hydrogens (tertiary/aromatic N) is 1. The van der Waals surface area contributed by atoms with Crippen LogP contribution in [0.3, 0.4) is 0 Å². The number of halogens is 2. The van der Waals surface area contributed by atoms with Gasteiger partial charge in [-0.3, -0.25) is 9.59 Å². The van der Waals surface area contributed by atoms with Crippen LogP contribution in [0.4, 0.5) is 0 Å². The van der Waals surface area contributed by atoms with Gasteiger partial charge in [0.25, 0.3) is 5.91 Å². The Morgan fingerprint density at radius 1 is 1.30 bits per heavy atom. The first kappa shape index (κ1) is 19.7. The summed E-state index contributed by atoms with van der Waals surface area (Å²) in [4.78, 5) is 26.5. The summed E-state index contributed by atoms with van der Waals surface area (Å²) in [6.07, 6.45) is 0. The van der Waals surface area contributed by atoms with E-state index in [0.717, 1.165) is 6.54 Å². The normalized spacial score (nSPS) is 22.0. The summed E-state index contributed by atoms with van der Waals surface area (Å²) in [5, 5.41) is 6.66. The SMILES string of the molecule is CC(NC(=O)c1ccc(Cl)cc1)C(=O)N1CCNC(C)C1C.Cl. The second kappa shape index (κ2) is 8.52. The van der Waals surface area contributed by atoms with Crippen LogP contribution in [-0.2, 0) is 4.79 Å². The van der Waals surface area contributed by atoms with Crippen molar-refractivity contribution in [2.24, 2.45) is 0 Å². The van der Waals surface area contributed by atoms with Gasteiger partial charge in [0.2, 0.25) is 5.91 Å². The molecule has 23 heavy (non-hydrogen) atoms. The minimum atomic E-state index is -0.559. The van der Waals surface area contributed by atoms with Gasteiger partial charge < -0.3 is 15.5 Å². The van der Waals surface area contributed by atoms with E-state index >= 15 is 0 Å². The van der Waals surface area contributed by atoms with Crippen molar-refractivity contribution in [3.05, 3.63) is 34.9 Å². The molecule has 1 fully saturated rings. The molecule has 0 spiro atoms. The lowest BCUT2D eigenvalue weighted by atomic mass is 10.1. The Morgan fingerprint density at radius 3 is 2.52 bits per heavy atom. The predicted octanol–water partition coefficient (Wildman–Crippen LogP) is 2.09. The smallest absolute Gasteiger partial charge is 0.251 e. The minimum absolute atomic E-state index is 0.